The van der Waals surface area contributed by atoms with Crippen LogP contribution in [-0.4, -0.2) is 52.9 Å². The molecule has 4 atom stereocenters. The molecule has 0 unspecified atom stereocenters. The molecule has 2 saturated heterocycles. The minimum Gasteiger partial charge on any atom is -0.392 e. The first-order valence-electron chi connectivity index (χ1n) is 12.9. The summed E-state index contributed by atoms with van der Waals surface area (Å²) in [4.78, 5) is 14.6. The van der Waals surface area contributed by atoms with Crippen molar-refractivity contribution < 1.29 is 24.5 Å². The van der Waals surface area contributed by atoms with Crippen LogP contribution in [0.1, 0.15) is 57.8 Å². The van der Waals surface area contributed by atoms with Gasteiger partial charge in [-0.2, -0.15) is 0 Å². The van der Waals surface area contributed by atoms with Crippen LogP contribution in [0.4, 0.5) is 0 Å². The maximum atomic E-state index is 12.4. The molecule has 5 rings (SSSR count). The summed E-state index contributed by atoms with van der Waals surface area (Å²) in [5.74, 6) is -0.103. The van der Waals surface area contributed by atoms with Gasteiger partial charge in [0.15, 0.2) is 6.29 Å². The van der Waals surface area contributed by atoms with E-state index in [2.05, 4.69) is 10.2 Å². The molecule has 7 nitrogen and oxygen atoms in total. The molecular weight excluding hydrogens is 468 g/mol. The van der Waals surface area contributed by atoms with Gasteiger partial charge in [0, 0.05) is 43.7 Å². The van der Waals surface area contributed by atoms with Gasteiger partial charge < -0.3 is 25.0 Å². The number of aliphatic hydroxyl groups excluding tert-OH is 2. The summed E-state index contributed by atoms with van der Waals surface area (Å²) in [6, 6.07) is 25.0. The predicted molar refractivity (Wildman–Crippen MR) is 140 cm³/mol. The van der Waals surface area contributed by atoms with E-state index in [1.807, 2.05) is 66.7 Å². The molecule has 2 aliphatic rings. The van der Waals surface area contributed by atoms with Gasteiger partial charge in [0.2, 0.25) is 0 Å². The summed E-state index contributed by atoms with van der Waals surface area (Å²) >= 11 is 0. The Balaban J connectivity index is 1.26. The number of aliphatic hydroxyl groups is 2. The van der Waals surface area contributed by atoms with E-state index in [0.717, 1.165) is 41.8 Å². The van der Waals surface area contributed by atoms with Gasteiger partial charge in [-0.1, -0.05) is 66.7 Å². The van der Waals surface area contributed by atoms with Crippen LogP contribution in [-0.2, 0) is 22.6 Å². The Morgan fingerprint density at radius 2 is 1.62 bits per heavy atom. The van der Waals surface area contributed by atoms with E-state index in [1.54, 1.807) is 12.1 Å². The van der Waals surface area contributed by atoms with Crippen LogP contribution in [0.25, 0.3) is 0 Å². The minimum atomic E-state index is -0.526. The van der Waals surface area contributed by atoms with Crippen LogP contribution >= 0.6 is 0 Å². The van der Waals surface area contributed by atoms with Crippen LogP contribution in [0.2, 0.25) is 0 Å². The lowest BCUT2D eigenvalue weighted by atomic mass is 9.99. The zero-order valence-corrected chi connectivity index (χ0v) is 20.8. The highest BCUT2D eigenvalue weighted by atomic mass is 16.7. The van der Waals surface area contributed by atoms with Crippen LogP contribution in [0, 0.1) is 0 Å². The number of likely N-dealkylation sites (tertiary alicyclic amines) is 1. The van der Waals surface area contributed by atoms with Gasteiger partial charge in [-0.15, -0.1) is 0 Å². The zero-order chi connectivity index (χ0) is 25.6. The Kier molecular flexibility index (Phi) is 8.28. The second-order valence-electron chi connectivity index (χ2n) is 9.84. The fourth-order valence-electron chi connectivity index (χ4n) is 4.97. The monoisotopic (exact) mass is 502 g/mol. The molecule has 37 heavy (non-hydrogen) atoms. The highest BCUT2D eigenvalue weighted by Gasteiger charge is 2.34. The highest BCUT2D eigenvalue weighted by molar-refractivity contribution is 5.94. The number of β-amino-alcohol motifs (C(OH)–C–C–N with tert-alkyl or cyclic N) is 1. The van der Waals surface area contributed by atoms with Gasteiger partial charge in [0.1, 0.15) is 0 Å². The third-order valence-electron chi connectivity index (χ3n) is 7.07. The smallest absolute Gasteiger partial charge is 0.251 e. The lowest BCUT2D eigenvalue weighted by Gasteiger charge is -2.37. The van der Waals surface area contributed by atoms with Crippen molar-refractivity contribution in [2.24, 2.45) is 0 Å². The minimum absolute atomic E-state index is 0.00953. The van der Waals surface area contributed by atoms with Crippen molar-refractivity contribution in [3.05, 3.63) is 107 Å². The number of benzene rings is 3. The quantitative estimate of drug-likeness (QED) is 0.435. The van der Waals surface area contributed by atoms with Gasteiger partial charge in [-0.25, -0.2) is 0 Å². The first kappa shape index (κ1) is 25.6. The molecule has 3 aromatic carbocycles. The fourth-order valence-corrected chi connectivity index (χ4v) is 4.97. The largest absolute Gasteiger partial charge is 0.392 e. The molecule has 0 aromatic heterocycles. The molecule has 7 heteroatoms. The number of nitrogens with one attached hydrogen (secondary N) is 1. The summed E-state index contributed by atoms with van der Waals surface area (Å²) < 4.78 is 12.8. The molecule has 0 radical (unpaired) electrons. The van der Waals surface area contributed by atoms with Crippen molar-refractivity contribution >= 4 is 5.91 Å². The Labute approximate surface area is 217 Å². The number of hydrogen-bond donors (Lipinski definition) is 3. The van der Waals surface area contributed by atoms with Crippen LogP contribution in [0.5, 0.6) is 0 Å². The molecule has 194 valence electrons. The molecule has 0 aliphatic carbocycles. The van der Waals surface area contributed by atoms with E-state index >= 15 is 0 Å². The number of amides is 1. The number of carbonyl (C=O) groups excluding carboxylic acids is 1. The normalized spacial score (nSPS) is 24.2. The van der Waals surface area contributed by atoms with E-state index in [0.29, 0.717) is 25.1 Å². The first-order valence-corrected chi connectivity index (χ1v) is 12.9. The molecule has 3 N–H and O–H groups in total. The maximum absolute atomic E-state index is 12.4. The summed E-state index contributed by atoms with van der Waals surface area (Å²) in [5, 5.41) is 22.3. The van der Waals surface area contributed by atoms with Crippen molar-refractivity contribution in [3.63, 3.8) is 0 Å². The second-order valence-corrected chi connectivity index (χ2v) is 9.84. The summed E-state index contributed by atoms with van der Waals surface area (Å²) in [7, 11) is 0. The van der Waals surface area contributed by atoms with Gasteiger partial charge in [-0.3, -0.25) is 9.69 Å². The summed E-state index contributed by atoms with van der Waals surface area (Å²) in [6.45, 7) is 2.72. The summed E-state index contributed by atoms with van der Waals surface area (Å²) in [6.07, 6.45) is 0.519. The topological polar surface area (TPSA) is 91.3 Å². The van der Waals surface area contributed by atoms with Crippen molar-refractivity contribution in [2.75, 3.05) is 19.6 Å². The zero-order valence-electron chi connectivity index (χ0n) is 20.8. The predicted octanol–water partition coefficient (Wildman–Crippen LogP) is 3.72. The van der Waals surface area contributed by atoms with Gasteiger partial charge in [0.25, 0.3) is 5.91 Å². The third-order valence-corrected chi connectivity index (χ3v) is 7.07. The SMILES string of the molecule is O=C(NCc1ccc([C@@H]2O[C@H](CN3CC[C@H](O)C3)C[C@H](c3ccc(CO)cc3)O2)cc1)c1ccccc1. The lowest BCUT2D eigenvalue weighted by Crippen LogP contribution is -2.38. The average molecular weight is 503 g/mol. The second kappa shape index (κ2) is 12.0. The average Bonchev–Trinajstić information content (AvgIpc) is 3.36. The van der Waals surface area contributed by atoms with E-state index < -0.39 is 6.29 Å². The molecule has 2 heterocycles. The number of carbonyl (C=O) groups is 1. The first-order chi connectivity index (χ1) is 18.1. The van der Waals surface area contributed by atoms with E-state index in [1.165, 1.54) is 0 Å². The van der Waals surface area contributed by atoms with Crippen LogP contribution in [0.15, 0.2) is 78.9 Å². The Morgan fingerprint density at radius 1 is 0.919 bits per heavy atom. The number of rotatable bonds is 8. The Morgan fingerprint density at radius 3 is 2.30 bits per heavy atom. The van der Waals surface area contributed by atoms with E-state index in [4.69, 9.17) is 9.47 Å². The molecule has 2 aliphatic heterocycles. The van der Waals surface area contributed by atoms with Crippen molar-refractivity contribution in [2.45, 2.75) is 50.6 Å². The van der Waals surface area contributed by atoms with Crippen molar-refractivity contribution in [3.8, 4) is 0 Å². The highest BCUT2D eigenvalue weighted by Crippen LogP contribution is 2.38. The maximum Gasteiger partial charge on any atom is 0.251 e. The summed E-state index contributed by atoms with van der Waals surface area (Å²) in [5.41, 5.74) is 4.46. The van der Waals surface area contributed by atoms with Gasteiger partial charge in [-0.05, 0) is 35.2 Å². The molecule has 0 spiro atoms. The van der Waals surface area contributed by atoms with E-state index in [9.17, 15) is 15.0 Å². The molecule has 0 bridgehead atoms. The number of ether oxygens (including phenoxy) is 2. The molecule has 1 amide bonds. The molecule has 0 saturated carbocycles. The van der Waals surface area contributed by atoms with Gasteiger partial charge in [0.05, 0.1) is 24.9 Å². The van der Waals surface area contributed by atoms with Crippen LogP contribution in [0.3, 0.4) is 0 Å². The molecular formula is C30H34N2O5. The Hall–Kier alpha value is -3.07. The Bertz CT molecular complexity index is 1150. The molecule has 3 aromatic rings. The van der Waals surface area contributed by atoms with Crippen molar-refractivity contribution in [1.29, 1.82) is 0 Å². The van der Waals surface area contributed by atoms with Crippen molar-refractivity contribution in [1.82, 2.24) is 10.2 Å². The lowest BCUT2D eigenvalue weighted by molar-refractivity contribution is -0.252. The van der Waals surface area contributed by atoms with E-state index in [-0.39, 0.29) is 30.8 Å². The number of nitrogens with zero attached hydrogens (tertiary/aromatic N) is 1. The number of hydrogen-bond acceptors (Lipinski definition) is 6. The fraction of sp³-hybridized carbons (Fsp3) is 0.367. The molecule has 2 fully saturated rings. The van der Waals surface area contributed by atoms with Gasteiger partial charge >= 0.3 is 0 Å². The third kappa shape index (κ3) is 6.63. The standard InChI is InChI=1S/C30H34N2O5/c33-20-22-8-10-23(11-9-22)28-16-27(19-32-15-14-26(34)18-32)36-30(37-28)25-12-6-21(7-13-25)17-31-29(35)24-4-2-1-3-5-24/h1-13,26-28,30,33-34H,14-20H2,(H,31,35)/t26-,27-,28+,30+/m0/s1. The van der Waals surface area contributed by atoms with Crippen LogP contribution < -0.4 is 5.32 Å².